The van der Waals surface area contributed by atoms with E-state index in [0.717, 1.165) is 17.2 Å². The summed E-state index contributed by atoms with van der Waals surface area (Å²) in [5, 5.41) is 9.31. The van der Waals surface area contributed by atoms with Crippen LogP contribution in [-0.2, 0) is 28.7 Å². The number of alkyl halides is 3. The Kier molecular flexibility index (Phi) is 7.00. The molecule has 1 aromatic heterocycles. The Hall–Kier alpha value is -4.42. The quantitative estimate of drug-likeness (QED) is 0.297. The Morgan fingerprint density at radius 1 is 1.00 bits per heavy atom. The summed E-state index contributed by atoms with van der Waals surface area (Å²) in [6.45, 7) is 7.02. The van der Waals surface area contributed by atoms with Gasteiger partial charge in [0.2, 0.25) is 5.88 Å². The molecule has 7 rings (SSSR count). The summed E-state index contributed by atoms with van der Waals surface area (Å²) in [7, 11) is 0. The normalized spacial score (nSPS) is 22.3. The molecule has 47 heavy (non-hydrogen) atoms. The number of carbonyl (C=O) groups is 2. The average Bonchev–Trinajstić information content (AvgIpc) is 3.51. The molecule has 3 atom stereocenters. The van der Waals surface area contributed by atoms with E-state index in [2.05, 4.69) is 4.98 Å². The van der Waals surface area contributed by atoms with E-state index in [9.17, 15) is 32.3 Å². The number of aliphatic carboxylic acids is 1. The van der Waals surface area contributed by atoms with Crippen LogP contribution in [-0.4, -0.2) is 58.8 Å². The number of aromatic nitrogens is 1. The van der Waals surface area contributed by atoms with Crippen molar-refractivity contribution < 1.29 is 46.1 Å². The molecule has 248 valence electrons. The second kappa shape index (κ2) is 10.5. The van der Waals surface area contributed by atoms with E-state index < -0.39 is 59.1 Å². The second-order valence-corrected chi connectivity index (χ2v) is 14.1. The first-order chi connectivity index (χ1) is 22.0. The van der Waals surface area contributed by atoms with E-state index >= 15 is 4.39 Å². The van der Waals surface area contributed by atoms with Crippen LogP contribution >= 0.6 is 0 Å². The molecule has 1 N–H and O–H groups in total. The molecule has 13 heteroatoms. The van der Waals surface area contributed by atoms with Crippen molar-refractivity contribution in [2.24, 2.45) is 17.3 Å². The lowest BCUT2D eigenvalue weighted by Crippen LogP contribution is -2.73. The fourth-order valence-corrected chi connectivity index (χ4v) is 7.31. The monoisotopic (exact) mass is 657 g/mol. The van der Waals surface area contributed by atoms with Crippen LogP contribution in [0, 0.1) is 28.9 Å². The number of hydrogen-bond acceptors (Lipinski definition) is 6. The third-order valence-corrected chi connectivity index (χ3v) is 9.50. The van der Waals surface area contributed by atoms with Crippen LogP contribution in [0.4, 0.5) is 32.4 Å². The van der Waals surface area contributed by atoms with Crippen molar-refractivity contribution in [3.05, 3.63) is 76.5 Å². The lowest BCUT2D eigenvalue weighted by atomic mass is 9.73. The molecule has 1 amide bonds. The van der Waals surface area contributed by atoms with E-state index in [1.165, 1.54) is 24.4 Å². The molecule has 3 fully saturated rings. The minimum Gasteiger partial charge on any atom is -0.481 e. The Morgan fingerprint density at radius 3 is 2.36 bits per heavy atom. The molecule has 2 aliphatic heterocycles. The van der Waals surface area contributed by atoms with Gasteiger partial charge in [0.1, 0.15) is 23.8 Å². The highest BCUT2D eigenvalue weighted by Gasteiger charge is 2.60. The van der Waals surface area contributed by atoms with Crippen molar-refractivity contribution in [2.75, 3.05) is 31.1 Å². The van der Waals surface area contributed by atoms with Gasteiger partial charge in [-0.15, -0.1) is 0 Å². The number of carbonyl (C=O) groups excluding carboxylic acids is 1. The number of carboxylic acids is 1. The van der Waals surface area contributed by atoms with E-state index in [1.54, 1.807) is 31.7 Å². The number of hydrogen-bond donors (Lipinski definition) is 1. The van der Waals surface area contributed by atoms with Gasteiger partial charge in [-0.25, -0.2) is 18.6 Å². The second-order valence-electron chi connectivity index (χ2n) is 14.1. The maximum atomic E-state index is 15.5. The molecule has 8 nitrogen and oxygen atoms in total. The Morgan fingerprint density at radius 2 is 1.72 bits per heavy atom. The van der Waals surface area contributed by atoms with E-state index in [1.807, 2.05) is 4.90 Å². The standard InChI is InChI=1S/C34H32F5N3O5/c1-32(2,3)47-31(45)42-15-33(16-42)13-41(14-33)19-4-5-20(26(36)9-19)21-7-18(25(35)10-24(21)34(37,38)39)12-46-27-8-17-6-22-28(23(17)11-40-27)29(22)30(43)44/h4-5,7-11,22,28-29H,6,12-16H2,1-3H3,(H,43,44). The van der Waals surface area contributed by atoms with Crippen molar-refractivity contribution in [3.63, 3.8) is 0 Å². The highest BCUT2D eigenvalue weighted by molar-refractivity contribution is 5.78. The summed E-state index contributed by atoms with van der Waals surface area (Å²) >= 11 is 0. The number of halogens is 5. The summed E-state index contributed by atoms with van der Waals surface area (Å²) in [6.07, 6.45) is -3.26. The minimum absolute atomic E-state index is 0.00527. The smallest absolute Gasteiger partial charge is 0.417 e. The zero-order valence-electron chi connectivity index (χ0n) is 25.8. The molecule has 2 aliphatic carbocycles. The van der Waals surface area contributed by atoms with Gasteiger partial charge in [-0.05, 0) is 80.1 Å². The topological polar surface area (TPSA) is 92.2 Å². The number of pyridine rings is 1. The molecular formula is C34H32F5N3O5. The minimum atomic E-state index is -4.95. The molecule has 2 saturated heterocycles. The number of carboxylic acid groups (broad SMARTS) is 1. The number of fused-ring (bicyclic) bond motifs is 3. The van der Waals surface area contributed by atoms with Crippen molar-refractivity contribution in [2.45, 2.75) is 51.5 Å². The number of nitrogens with zero attached hydrogens (tertiary/aromatic N) is 3. The number of likely N-dealkylation sites (tertiary alicyclic amines) is 1. The number of benzene rings is 2. The lowest BCUT2D eigenvalue weighted by molar-refractivity contribution is -0.139. The molecule has 1 saturated carbocycles. The van der Waals surface area contributed by atoms with Crippen molar-refractivity contribution in [3.8, 4) is 17.0 Å². The highest BCUT2D eigenvalue weighted by Crippen LogP contribution is 2.61. The van der Waals surface area contributed by atoms with Crippen LogP contribution in [0.3, 0.4) is 0 Å². The molecular weight excluding hydrogens is 625 g/mol. The van der Waals surface area contributed by atoms with Gasteiger partial charge >= 0.3 is 18.2 Å². The predicted octanol–water partition coefficient (Wildman–Crippen LogP) is 6.65. The summed E-state index contributed by atoms with van der Waals surface area (Å²) in [4.78, 5) is 31.3. The first kappa shape index (κ1) is 31.2. The predicted molar refractivity (Wildman–Crippen MR) is 159 cm³/mol. The van der Waals surface area contributed by atoms with E-state index in [-0.39, 0.29) is 34.3 Å². The molecule has 3 unspecified atom stereocenters. The third kappa shape index (κ3) is 5.63. The molecule has 0 bridgehead atoms. The fraction of sp³-hybridized carbons (Fsp3) is 0.441. The summed E-state index contributed by atoms with van der Waals surface area (Å²) < 4.78 is 83.7. The molecule has 4 aliphatic rings. The number of ether oxygens (including phenoxy) is 2. The van der Waals surface area contributed by atoms with Crippen molar-refractivity contribution in [1.29, 1.82) is 0 Å². The van der Waals surface area contributed by atoms with Gasteiger partial charge in [0, 0.05) is 66.6 Å². The molecule has 3 heterocycles. The van der Waals surface area contributed by atoms with Gasteiger partial charge in [0.05, 0.1) is 11.5 Å². The Balaban J connectivity index is 1.05. The van der Waals surface area contributed by atoms with E-state index in [4.69, 9.17) is 9.47 Å². The molecule has 1 spiro atoms. The summed E-state index contributed by atoms with van der Waals surface area (Å²) in [6, 6.07) is 6.90. The number of anilines is 1. The molecule has 3 aromatic rings. The van der Waals surface area contributed by atoms with Crippen LogP contribution in [0.2, 0.25) is 0 Å². The highest BCUT2D eigenvalue weighted by atomic mass is 19.4. The van der Waals surface area contributed by atoms with Gasteiger partial charge in [-0.3, -0.25) is 4.79 Å². The average molecular weight is 658 g/mol. The molecule has 0 radical (unpaired) electrons. The van der Waals surface area contributed by atoms with Crippen LogP contribution in [0.5, 0.6) is 5.88 Å². The van der Waals surface area contributed by atoms with Crippen molar-refractivity contribution in [1.82, 2.24) is 9.88 Å². The lowest BCUT2D eigenvalue weighted by Gasteiger charge is -2.60. The van der Waals surface area contributed by atoms with Crippen LogP contribution in [0.1, 0.15) is 48.9 Å². The van der Waals surface area contributed by atoms with Gasteiger partial charge in [-0.1, -0.05) is 0 Å². The summed E-state index contributed by atoms with van der Waals surface area (Å²) in [5.41, 5.74) is -0.923. The first-order valence-corrected chi connectivity index (χ1v) is 15.3. The molecule has 2 aromatic carbocycles. The van der Waals surface area contributed by atoms with Gasteiger partial charge < -0.3 is 24.4 Å². The largest absolute Gasteiger partial charge is 0.481 e. The van der Waals surface area contributed by atoms with Gasteiger partial charge in [0.25, 0.3) is 0 Å². The third-order valence-electron chi connectivity index (χ3n) is 9.50. The maximum Gasteiger partial charge on any atom is 0.417 e. The fourth-order valence-electron chi connectivity index (χ4n) is 7.31. The number of amides is 1. The maximum absolute atomic E-state index is 15.5. The van der Waals surface area contributed by atoms with E-state index in [0.29, 0.717) is 44.4 Å². The van der Waals surface area contributed by atoms with Crippen LogP contribution in [0.15, 0.2) is 42.6 Å². The van der Waals surface area contributed by atoms with Crippen LogP contribution < -0.4 is 9.64 Å². The Bertz CT molecular complexity index is 1790. The number of rotatable bonds is 6. The van der Waals surface area contributed by atoms with Gasteiger partial charge in [-0.2, -0.15) is 13.2 Å². The van der Waals surface area contributed by atoms with Crippen LogP contribution in [0.25, 0.3) is 11.1 Å². The SMILES string of the molecule is CC(C)(C)OC(=O)N1CC2(C1)CN(c1ccc(-c3cc(COc4cc5c(cn4)C4C(C5)C4C(=O)O)c(F)cc3C(F)(F)F)c(F)c1)C2. The van der Waals surface area contributed by atoms with Crippen molar-refractivity contribution >= 4 is 17.7 Å². The first-order valence-electron chi connectivity index (χ1n) is 15.3. The zero-order valence-corrected chi connectivity index (χ0v) is 25.8. The van der Waals surface area contributed by atoms with Gasteiger partial charge in [0.15, 0.2) is 0 Å². The zero-order chi connectivity index (χ0) is 33.6. The summed E-state index contributed by atoms with van der Waals surface area (Å²) in [5.74, 6) is -3.28. The Labute approximate surface area is 267 Å².